The number of benzene rings is 2. The van der Waals surface area contributed by atoms with Crippen molar-refractivity contribution in [3.05, 3.63) is 66.0 Å². The molecule has 1 heterocycles. The standard InChI is InChI=1S/C24H26N4O2S/c1-24(2,3)22(30)25-18-13-11-16(12-14-18)20(29)15-31-23-27-26-21(17-9-10-17)28(23)19-7-5-4-6-8-19/h4-8,11-14,17H,9-10,15H2,1-3H3,(H,25,30). The highest BCUT2D eigenvalue weighted by Crippen LogP contribution is 2.41. The predicted octanol–water partition coefficient (Wildman–Crippen LogP) is 5.10. The molecule has 1 saturated carbocycles. The largest absolute Gasteiger partial charge is 0.326 e. The Morgan fingerprint density at radius 2 is 1.71 bits per heavy atom. The van der Waals surface area contributed by atoms with Crippen LogP contribution in [-0.4, -0.2) is 32.2 Å². The first kappa shape index (κ1) is 21.3. The molecule has 3 aromatic rings. The summed E-state index contributed by atoms with van der Waals surface area (Å²) < 4.78 is 2.07. The van der Waals surface area contributed by atoms with Gasteiger partial charge in [0.05, 0.1) is 5.75 Å². The van der Waals surface area contributed by atoms with E-state index in [1.54, 1.807) is 24.3 Å². The number of anilines is 1. The molecule has 1 N–H and O–H groups in total. The summed E-state index contributed by atoms with van der Waals surface area (Å²) in [6, 6.07) is 17.1. The van der Waals surface area contributed by atoms with Crippen molar-refractivity contribution >= 4 is 29.1 Å². The van der Waals surface area contributed by atoms with Gasteiger partial charge in [-0.3, -0.25) is 14.2 Å². The first-order valence-electron chi connectivity index (χ1n) is 10.4. The van der Waals surface area contributed by atoms with E-state index in [9.17, 15) is 9.59 Å². The molecule has 0 aliphatic heterocycles. The molecule has 1 aliphatic carbocycles. The number of nitrogens with one attached hydrogen (secondary N) is 1. The van der Waals surface area contributed by atoms with Crippen molar-refractivity contribution in [3.8, 4) is 5.69 Å². The normalized spacial score (nSPS) is 13.8. The van der Waals surface area contributed by atoms with Crippen LogP contribution in [0.4, 0.5) is 5.69 Å². The third-order valence-electron chi connectivity index (χ3n) is 5.09. The van der Waals surface area contributed by atoms with Crippen molar-refractivity contribution in [2.45, 2.75) is 44.7 Å². The molecule has 0 atom stereocenters. The molecule has 6 nitrogen and oxygen atoms in total. The van der Waals surface area contributed by atoms with Gasteiger partial charge in [-0.25, -0.2) is 0 Å². The molecule has 0 spiro atoms. The summed E-state index contributed by atoms with van der Waals surface area (Å²) in [4.78, 5) is 24.9. The fourth-order valence-corrected chi connectivity index (χ4v) is 3.93. The lowest BCUT2D eigenvalue weighted by Gasteiger charge is -2.17. The van der Waals surface area contributed by atoms with Gasteiger partial charge in [0.15, 0.2) is 10.9 Å². The average Bonchev–Trinajstić information content (AvgIpc) is 3.51. The van der Waals surface area contributed by atoms with E-state index in [1.807, 2.05) is 51.1 Å². The van der Waals surface area contributed by atoms with Crippen LogP contribution in [0.2, 0.25) is 0 Å². The second kappa shape index (κ2) is 8.67. The minimum absolute atomic E-state index is 0.00859. The Balaban J connectivity index is 1.44. The van der Waals surface area contributed by atoms with Gasteiger partial charge in [-0.15, -0.1) is 10.2 Å². The van der Waals surface area contributed by atoms with Crippen molar-refractivity contribution in [1.29, 1.82) is 0 Å². The molecule has 0 saturated heterocycles. The summed E-state index contributed by atoms with van der Waals surface area (Å²) in [5, 5.41) is 12.4. The number of nitrogens with zero attached hydrogens (tertiary/aromatic N) is 3. The average molecular weight is 435 g/mol. The number of ketones is 1. The summed E-state index contributed by atoms with van der Waals surface area (Å²) in [5.41, 5.74) is 1.83. The van der Waals surface area contributed by atoms with E-state index in [0.29, 0.717) is 17.2 Å². The molecule has 1 amide bonds. The summed E-state index contributed by atoms with van der Waals surface area (Å²) in [7, 11) is 0. The molecule has 160 valence electrons. The van der Waals surface area contributed by atoms with Gasteiger partial charge in [-0.2, -0.15) is 0 Å². The second-order valence-electron chi connectivity index (χ2n) is 8.78. The van der Waals surface area contributed by atoms with E-state index in [2.05, 4.69) is 20.1 Å². The highest BCUT2D eigenvalue weighted by Gasteiger charge is 2.31. The first-order valence-corrected chi connectivity index (χ1v) is 11.4. The van der Waals surface area contributed by atoms with Gasteiger partial charge in [-0.05, 0) is 49.2 Å². The number of hydrogen-bond acceptors (Lipinski definition) is 5. The number of thioether (sulfide) groups is 1. The van der Waals surface area contributed by atoms with E-state index in [-0.39, 0.29) is 17.4 Å². The molecular formula is C24H26N4O2S. The zero-order valence-electron chi connectivity index (χ0n) is 18.0. The van der Waals surface area contributed by atoms with Gasteiger partial charge in [0.25, 0.3) is 0 Å². The monoisotopic (exact) mass is 434 g/mol. The van der Waals surface area contributed by atoms with Crippen molar-refractivity contribution in [2.24, 2.45) is 5.41 Å². The van der Waals surface area contributed by atoms with Crippen LogP contribution in [0.1, 0.15) is 55.7 Å². The Hall–Kier alpha value is -2.93. The number of hydrogen-bond donors (Lipinski definition) is 1. The molecule has 1 aliphatic rings. The van der Waals surface area contributed by atoms with E-state index in [0.717, 1.165) is 29.5 Å². The number of amides is 1. The maximum absolute atomic E-state index is 12.7. The van der Waals surface area contributed by atoms with Gasteiger partial charge in [0.2, 0.25) is 5.91 Å². The van der Waals surface area contributed by atoms with Crippen LogP contribution in [-0.2, 0) is 4.79 Å². The molecule has 0 radical (unpaired) electrons. The van der Waals surface area contributed by atoms with Crippen molar-refractivity contribution in [2.75, 3.05) is 11.1 Å². The van der Waals surface area contributed by atoms with Crippen LogP contribution >= 0.6 is 11.8 Å². The van der Waals surface area contributed by atoms with Crippen LogP contribution in [0.5, 0.6) is 0 Å². The molecule has 1 fully saturated rings. The topological polar surface area (TPSA) is 76.9 Å². The fourth-order valence-electron chi connectivity index (χ4n) is 3.07. The lowest BCUT2D eigenvalue weighted by Crippen LogP contribution is -2.27. The molecule has 0 bridgehead atoms. The Bertz CT molecular complexity index is 1080. The molecule has 1 aromatic heterocycles. The van der Waals surface area contributed by atoms with E-state index in [4.69, 9.17) is 0 Å². The lowest BCUT2D eigenvalue weighted by atomic mass is 9.95. The lowest BCUT2D eigenvalue weighted by molar-refractivity contribution is -0.123. The molecule has 0 unspecified atom stereocenters. The van der Waals surface area contributed by atoms with Gasteiger partial charge in [-0.1, -0.05) is 50.7 Å². The molecule has 31 heavy (non-hydrogen) atoms. The Morgan fingerprint density at radius 1 is 1.03 bits per heavy atom. The van der Waals surface area contributed by atoms with E-state index < -0.39 is 5.41 Å². The quantitative estimate of drug-likeness (QED) is 0.413. The molecular weight excluding hydrogens is 408 g/mol. The van der Waals surface area contributed by atoms with Crippen LogP contribution in [0, 0.1) is 5.41 Å². The van der Waals surface area contributed by atoms with Crippen molar-refractivity contribution in [1.82, 2.24) is 14.8 Å². The van der Waals surface area contributed by atoms with Gasteiger partial charge < -0.3 is 5.32 Å². The maximum atomic E-state index is 12.7. The number of carbonyl (C=O) groups excluding carboxylic acids is 2. The Morgan fingerprint density at radius 3 is 2.32 bits per heavy atom. The van der Waals surface area contributed by atoms with Crippen LogP contribution in [0.25, 0.3) is 5.69 Å². The maximum Gasteiger partial charge on any atom is 0.229 e. The van der Waals surface area contributed by atoms with E-state index in [1.165, 1.54) is 11.8 Å². The molecule has 2 aromatic carbocycles. The first-order chi connectivity index (χ1) is 14.8. The number of rotatable bonds is 7. The minimum atomic E-state index is -0.473. The summed E-state index contributed by atoms with van der Waals surface area (Å²) >= 11 is 1.40. The van der Waals surface area contributed by atoms with Gasteiger partial charge >= 0.3 is 0 Å². The third kappa shape index (κ3) is 5.05. The van der Waals surface area contributed by atoms with E-state index >= 15 is 0 Å². The fraction of sp³-hybridized carbons (Fsp3) is 0.333. The van der Waals surface area contributed by atoms with Gasteiger partial charge in [0, 0.05) is 28.3 Å². The van der Waals surface area contributed by atoms with Crippen LogP contribution in [0.15, 0.2) is 59.8 Å². The van der Waals surface area contributed by atoms with Crippen molar-refractivity contribution in [3.63, 3.8) is 0 Å². The molecule has 4 rings (SSSR count). The molecule has 7 heteroatoms. The zero-order valence-corrected chi connectivity index (χ0v) is 18.8. The predicted molar refractivity (Wildman–Crippen MR) is 123 cm³/mol. The number of aromatic nitrogens is 3. The highest BCUT2D eigenvalue weighted by atomic mass is 32.2. The number of para-hydroxylation sites is 1. The zero-order chi connectivity index (χ0) is 22.0. The number of carbonyl (C=O) groups is 2. The number of Topliss-reactive ketones (excluding diaryl/α,β-unsaturated/α-hetero) is 1. The SMILES string of the molecule is CC(C)(C)C(=O)Nc1ccc(C(=O)CSc2nnc(C3CC3)n2-c2ccccc2)cc1. The third-order valence-corrected chi connectivity index (χ3v) is 6.02. The van der Waals surface area contributed by atoms with Crippen LogP contribution < -0.4 is 5.32 Å². The second-order valence-corrected chi connectivity index (χ2v) is 9.72. The summed E-state index contributed by atoms with van der Waals surface area (Å²) in [6.07, 6.45) is 2.26. The van der Waals surface area contributed by atoms with Crippen molar-refractivity contribution < 1.29 is 9.59 Å². The van der Waals surface area contributed by atoms with Crippen LogP contribution in [0.3, 0.4) is 0 Å². The minimum Gasteiger partial charge on any atom is -0.326 e. The Labute approximate surface area is 186 Å². The Kier molecular flexibility index (Phi) is 5.96. The smallest absolute Gasteiger partial charge is 0.229 e. The highest BCUT2D eigenvalue weighted by molar-refractivity contribution is 7.99. The van der Waals surface area contributed by atoms with Gasteiger partial charge in [0.1, 0.15) is 5.82 Å². The summed E-state index contributed by atoms with van der Waals surface area (Å²) in [6.45, 7) is 5.58. The summed E-state index contributed by atoms with van der Waals surface area (Å²) in [5.74, 6) is 1.64.